The Labute approximate surface area is 111 Å². The van der Waals surface area contributed by atoms with Gasteiger partial charge in [0, 0.05) is 23.5 Å². The minimum atomic E-state index is 0.241. The zero-order chi connectivity index (χ0) is 13.0. The Morgan fingerprint density at radius 2 is 2.17 bits per heavy atom. The third kappa shape index (κ3) is 2.95. The van der Waals surface area contributed by atoms with Crippen molar-refractivity contribution >= 4 is 23.0 Å². The molecule has 0 aliphatic heterocycles. The molecule has 2 aromatic rings. The molecule has 0 fully saturated rings. The number of benzene rings is 1. The van der Waals surface area contributed by atoms with Crippen LogP contribution < -0.4 is 15.8 Å². The highest BCUT2D eigenvalue weighted by molar-refractivity contribution is 7.80. The number of anilines is 1. The van der Waals surface area contributed by atoms with Gasteiger partial charge in [0.05, 0.1) is 12.8 Å². The first-order valence-corrected chi connectivity index (χ1v) is 5.77. The van der Waals surface area contributed by atoms with Crippen molar-refractivity contribution in [2.45, 2.75) is 0 Å². The Balaban J connectivity index is 2.34. The highest BCUT2D eigenvalue weighted by Gasteiger charge is 2.02. The SMILES string of the molecule is COc1ccnc(-c2cccc(NC(N)=S)c2)c1. The summed E-state index contributed by atoms with van der Waals surface area (Å²) >= 11 is 4.81. The topological polar surface area (TPSA) is 60.2 Å². The minimum Gasteiger partial charge on any atom is -0.497 e. The van der Waals surface area contributed by atoms with Crippen molar-refractivity contribution < 1.29 is 4.74 Å². The molecule has 0 saturated carbocycles. The number of hydrogen-bond donors (Lipinski definition) is 2. The second-order valence-electron chi connectivity index (χ2n) is 3.65. The van der Waals surface area contributed by atoms with Crippen LogP contribution in [0.15, 0.2) is 42.6 Å². The molecule has 0 saturated heterocycles. The maximum atomic E-state index is 5.44. The maximum Gasteiger partial charge on any atom is 0.168 e. The van der Waals surface area contributed by atoms with Crippen LogP contribution in [-0.4, -0.2) is 17.2 Å². The molecule has 1 aromatic heterocycles. The number of nitrogens with zero attached hydrogens (tertiary/aromatic N) is 1. The first-order valence-electron chi connectivity index (χ1n) is 5.36. The number of thiocarbonyl (C=S) groups is 1. The summed E-state index contributed by atoms with van der Waals surface area (Å²) in [7, 11) is 1.63. The van der Waals surface area contributed by atoms with Gasteiger partial charge in [-0.1, -0.05) is 12.1 Å². The lowest BCUT2D eigenvalue weighted by atomic mass is 10.1. The fraction of sp³-hybridized carbons (Fsp3) is 0.0769. The minimum absolute atomic E-state index is 0.241. The van der Waals surface area contributed by atoms with E-state index in [9.17, 15) is 0 Å². The summed E-state index contributed by atoms with van der Waals surface area (Å²) in [6, 6.07) is 11.4. The van der Waals surface area contributed by atoms with Gasteiger partial charge in [0.1, 0.15) is 5.75 Å². The summed E-state index contributed by atoms with van der Waals surface area (Å²) in [5, 5.41) is 3.14. The summed E-state index contributed by atoms with van der Waals surface area (Å²) in [6.45, 7) is 0. The van der Waals surface area contributed by atoms with Crippen molar-refractivity contribution in [3.05, 3.63) is 42.6 Å². The highest BCUT2D eigenvalue weighted by Crippen LogP contribution is 2.23. The van der Waals surface area contributed by atoms with Gasteiger partial charge in [-0.2, -0.15) is 0 Å². The molecule has 0 bridgehead atoms. The number of pyridine rings is 1. The quantitative estimate of drug-likeness (QED) is 0.829. The molecule has 5 heteroatoms. The van der Waals surface area contributed by atoms with Crippen molar-refractivity contribution in [2.24, 2.45) is 5.73 Å². The Morgan fingerprint density at radius 3 is 2.89 bits per heavy atom. The normalized spacial score (nSPS) is 9.83. The molecule has 1 aromatic carbocycles. The first kappa shape index (κ1) is 12.3. The predicted octanol–water partition coefficient (Wildman–Crippen LogP) is 2.41. The number of hydrogen-bond acceptors (Lipinski definition) is 3. The molecule has 0 radical (unpaired) electrons. The van der Waals surface area contributed by atoms with E-state index >= 15 is 0 Å². The third-order valence-corrected chi connectivity index (χ3v) is 2.50. The largest absolute Gasteiger partial charge is 0.497 e. The van der Waals surface area contributed by atoms with Crippen LogP contribution in [0.5, 0.6) is 5.75 Å². The Hall–Kier alpha value is -2.14. The van der Waals surface area contributed by atoms with Crippen LogP contribution in [0, 0.1) is 0 Å². The van der Waals surface area contributed by atoms with Gasteiger partial charge in [-0.05, 0) is 30.4 Å². The van der Waals surface area contributed by atoms with E-state index in [1.807, 2.05) is 30.3 Å². The molecule has 18 heavy (non-hydrogen) atoms. The van der Waals surface area contributed by atoms with Crippen molar-refractivity contribution in [3.8, 4) is 17.0 Å². The smallest absolute Gasteiger partial charge is 0.168 e. The highest BCUT2D eigenvalue weighted by atomic mass is 32.1. The van der Waals surface area contributed by atoms with E-state index in [1.165, 1.54) is 0 Å². The van der Waals surface area contributed by atoms with E-state index < -0.39 is 0 Å². The van der Waals surface area contributed by atoms with E-state index in [4.69, 9.17) is 22.7 Å². The molecule has 0 aliphatic carbocycles. The van der Waals surface area contributed by atoms with Crippen LogP contribution >= 0.6 is 12.2 Å². The summed E-state index contributed by atoms with van der Waals surface area (Å²) in [5.41, 5.74) is 8.08. The molecular weight excluding hydrogens is 246 g/mol. The first-order chi connectivity index (χ1) is 8.69. The Kier molecular flexibility index (Phi) is 3.74. The molecule has 4 nitrogen and oxygen atoms in total. The van der Waals surface area contributed by atoms with Crippen LogP contribution in [0.1, 0.15) is 0 Å². The molecule has 2 rings (SSSR count). The summed E-state index contributed by atoms with van der Waals surface area (Å²) in [6.07, 6.45) is 1.71. The van der Waals surface area contributed by atoms with Crippen LogP contribution in [0.2, 0.25) is 0 Å². The predicted molar refractivity (Wildman–Crippen MR) is 76.6 cm³/mol. The second-order valence-corrected chi connectivity index (χ2v) is 4.09. The van der Waals surface area contributed by atoms with Crippen LogP contribution in [0.4, 0.5) is 5.69 Å². The van der Waals surface area contributed by atoms with E-state index in [2.05, 4.69) is 10.3 Å². The molecule has 0 amide bonds. The van der Waals surface area contributed by atoms with E-state index in [1.54, 1.807) is 19.4 Å². The van der Waals surface area contributed by atoms with E-state index in [0.29, 0.717) is 0 Å². The average molecular weight is 259 g/mol. The van der Waals surface area contributed by atoms with Gasteiger partial charge in [-0.15, -0.1) is 0 Å². The van der Waals surface area contributed by atoms with Crippen LogP contribution in [0.3, 0.4) is 0 Å². The fourth-order valence-electron chi connectivity index (χ4n) is 1.59. The van der Waals surface area contributed by atoms with Crippen molar-refractivity contribution in [2.75, 3.05) is 12.4 Å². The lowest BCUT2D eigenvalue weighted by Crippen LogP contribution is -2.18. The fourth-order valence-corrected chi connectivity index (χ4v) is 1.71. The maximum absolute atomic E-state index is 5.44. The zero-order valence-corrected chi connectivity index (χ0v) is 10.7. The molecule has 0 unspecified atom stereocenters. The number of nitrogens with two attached hydrogens (primary N) is 1. The summed E-state index contributed by atoms with van der Waals surface area (Å²) in [4.78, 5) is 4.31. The van der Waals surface area contributed by atoms with Crippen LogP contribution in [0.25, 0.3) is 11.3 Å². The van der Waals surface area contributed by atoms with E-state index in [0.717, 1.165) is 22.7 Å². The Bertz CT molecular complexity index is 572. The molecule has 0 aliphatic rings. The van der Waals surface area contributed by atoms with Gasteiger partial charge in [-0.25, -0.2) is 0 Å². The average Bonchev–Trinajstić information content (AvgIpc) is 2.38. The van der Waals surface area contributed by atoms with Gasteiger partial charge in [0.15, 0.2) is 5.11 Å². The Morgan fingerprint density at radius 1 is 1.33 bits per heavy atom. The van der Waals surface area contributed by atoms with Gasteiger partial charge in [-0.3, -0.25) is 4.98 Å². The number of ether oxygens (including phenoxy) is 1. The molecule has 0 spiro atoms. The van der Waals surface area contributed by atoms with Crippen LogP contribution in [-0.2, 0) is 0 Å². The molecule has 1 heterocycles. The lowest BCUT2D eigenvalue weighted by molar-refractivity contribution is 0.414. The van der Waals surface area contributed by atoms with Gasteiger partial charge in [0.25, 0.3) is 0 Å². The van der Waals surface area contributed by atoms with Gasteiger partial charge >= 0.3 is 0 Å². The summed E-state index contributed by atoms with van der Waals surface area (Å²) in [5.74, 6) is 0.771. The van der Waals surface area contributed by atoms with Crippen molar-refractivity contribution in [1.82, 2.24) is 4.98 Å². The second kappa shape index (κ2) is 5.46. The molecule has 92 valence electrons. The molecular formula is C13H13N3OS. The third-order valence-electron chi connectivity index (χ3n) is 2.39. The number of aromatic nitrogens is 1. The van der Waals surface area contributed by atoms with E-state index in [-0.39, 0.29) is 5.11 Å². The number of methoxy groups -OCH3 is 1. The number of nitrogens with one attached hydrogen (secondary N) is 1. The lowest BCUT2D eigenvalue weighted by Gasteiger charge is -2.07. The van der Waals surface area contributed by atoms with Gasteiger partial charge in [0.2, 0.25) is 0 Å². The standard InChI is InChI=1S/C13H13N3OS/c1-17-11-5-6-15-12(8-11)9-3-2-4-10(7-9)16-13(14)18/h2-8H,1H3,(H3,14,16,18). The number of rotatable bonds is 3. The summed E-state index contributed by atoms with van der Waals surface area (Å²) < 4.78 is 5.17. The van der Waals surface area contributed by atoms with Gasteiger partial charge < -0.3 is 15.8 Å². The molecule has 0 atom stereocenters. The van der Waals surface area contributed by atoms with Crippen molar-refractivity contribution in [1.29, 1.82) is 0 Å². The monoisotopic (exact) mass is 259 g/mol. The zero-order valence-electron chi connectivity index (χ0n) is 9.88. The van der Waals surface area contributed by atoms with Crippen molar-refractivity contribution in [3.63, 3.8) is 0 Å². The molecule has 3 N–H and O–H groups in total.